The predicted molar refractivity (Wildman–Crippen MR) is 55.0 cm³/mol. The Hall–Kier alpha value is -0.610. The molecular formula is C10H20N2O2. The van der Waals surface area contributed by atoms with Crippen LogP contribution in [0.1, 0.15) is 19.8 Å². The number of aliphatic hydroxyl groups excluding tert-OH is 1. The highest BCUT2D eigenvalue weighted by Crippen LogP contribution is 2.17. The molecular weight excluding hydrogens is 180 g/mol. The van der Waals surface area contributed by atoms with E-state index in [9.17, 15) is 4.79 Å². The summed E-state index contributed by atoms with van der Waals surface area (Å²) in [6.45, 7) is 4.37. The van der Waals surface area contributed by atoms with Crippen LogP contribution in [-0.4, -0.2) is 60.1 Å². The standard InChI is InChI=1S/C10H20N2O2/c1-9(14)11(2)8-10-4-3-5-12(10)6-7-13/h10,13H,3-8H2,1-2H3/t10-/m0/s1. The van der Waals surface area contributed by atoms with E-state index in [4.69, 9.17) is 5.11 Å². The number of carbonyl (C=O) groups excluding carboxylic acids is 1. The van der Waals surface area contributed by atoms with Gasteiger partial charge in [-0.3, -0.25) is 9.69 Å². The molecule has 0 aromatic carbocycles. The minimum absolute atomic E-state index is 0.112. The third-order valence-electron chi connectivity index (χ3n) is 2.91. The molecule has 4 heteroatoms. The molecule has 0 aromatic rings. The predicted octanol–water partition coefficient (Wildman–Crippen LogP) is -0.0786. The van der Waals surface area contributed by atoms with Gasteiger partial charge in [-0.2, -0.15) is 0 Å². The van der Waals surface area contributed by atoms with Crippen LogP contribution in [0, 0.1) is 0 Å². The van der Waals surface area contributed by atoms with E-state index >= 15 is 0 Å². The fourth-order valence-corrected chi connectivity index (χ4v) is 1.97. The van der Waals surface area contributed by atoms with E-state index in [1.54, 1.807) is 11.8 Å². The SMILES string of the molecule is CC(=O)N(C)C[C@@H]1CCCN1CCO. The first-order valence-corrected chi connectivity index (χ1v) is 5.21. The highest BCUT2D eigenvalue weighted by molar-refractivity contribution is 5.72. The number of carbonyl (C=O) groups is 1. The number of β-amino-alcohol motifs (C(OH)–C–C–N with tert-alkyl or cyclic N) is 1. The highest BCUT2D eigenvalue weighted by Gasteiger charge is 2.25. The molecule has 0 spiro atoms. The van der Waals surface area contributed by atoms with Crippen LogP contribution >= 0.6 is 0 Å². The topological polar surface area (TPSA) is 43.8 Å². The van der Waals surface area contributed by atoms with Crippen LogP contribution in [0.4, 0.5) is 0 Å². The van der Waals surface area contributed by atoms with Crippen molar-refractivity contribution in [3.63, 3.8) is 0 Å². The Kier molecular flexibility index (Phi) is 4.35. The van der Waals surface area contributed by atoms with Crippen LogP contribution in [-0.2, 0) is 4.79 Å². The van der Waals surface area contributed by atoms with Gasteiger partial charge in [0.15, 0.2) is 0 Å². The lowest BCUT2D eigenvalue weighted by Gasteiger charge is -2.27. The molecule has 1 fully saturated rings. The normalized spacial score (nSPS) is 22.6. The van der Waals surface area contributed by atoms with Gasteiger partial charge < -0.3 is 10.0 Å². The number of amides is 1. The molecule has 1 amide bonds. The molecule has 0 aliphatic carbocycles. The summed E-state index contributed by atoms with van der Waals surface area (Å²) in [7, 11) is 1.83. The van der Waals surface area contributed by atoms with E-state index in [-0.39, 0.29) is 12.5 Å². The van der Waals surface area contributed by atoms with Crippen molar-refractivity contribution < 1.29 is 9.90 Å². The second-order valence-corrected chi connectivity index (χ2v) is 3.96. The summed E-state index contributed by atoms with van der Waals surface area (Å²) >= 11 is 0. The fourth-order valence-electron chi connectivity index (χ4n) is 1.97. The average Bonchev–Trinajstić information content (AvgIpc) is 2.53. The Balaban J connectivity index is 2.38. The van der Waals surface area contributed by atoms with Crippen LogP contribution in [0.5, 0.6) is 0 Å². The van der Waals surface area contributed by atoms with Crippen molar-refractivity contribution in [2.24, 2.45) is 0 Å². The second kappa shape index (κ2) is 5.32. The summed E-state index contributed by atoms with van der Waals surface area (Å²) < 4.78 is 0. The van der Waals surface area contributed by atoms with Crippen molar-refractivity contribution in [3.05, 3.63) is 0 Å². The van der Waals surface area contributed by atoms with Gasteiger partial charge in [-0.1, -0.05) is 0 Å². The summed E-state index contributed by atoms with van der Waals surface area (Å²) in [5.74, 6) is 0.112. The Morgan fingerprint density at radius 3 is 2.93 bits per heavy atom. The maximum atomic E-state index is 11.1. The minimum Gasteiger partial charge on any atom is -0.395 e. The molecule has 1 aliphatic rings. The summed E-state index contributed by atoms with van der Waals surface area (Å²) in [5.41, 5.74) is 0. The fraction of sp³-hybridized carbons (Fsp3) is 0.900. The van der Waals surface area contributed by atoms with E-state index in [0.29, 0.717) is 6.04 Å². The lowest BCUT2D eigenvalue weighted by Crippen LogP contribution is -2.41. The number of hydrogen-bond donors (Lipinski definition) is 1. The third kappa shape index (κ3) is 2.96. The Morgan fingerprint density at radius 2 is 2.36 bits per heavy atom. The number of likely N-dealkylation sites (N-methyl/N-ethyl adjacent to an activating group) is 1. The lowest BCUT2D eigenvalue weighted by atomic mass is 10.2. The molecule has 82 valence electrons. The highest BCUT2D eigenvalue weighted by atomic mass is 16.3. The molecule has 0 bridgehead atoms. The Labute approximate surface area is 85.5 Å². The largest absolute Gasteiger partial charge is 0.395 e. The van der Waals surface area contributed by atoms with Gasteiger partial charge in [-0.05, 0) is 19.4 Å². The molecule has 0 radical (unpaired) electrons. The zero-order chi connectivity index (χ0) is 10.6. The molecule has 1 N–H and O–H groups in total. The average molecular weight is 200 g/mol. The van der Waals surface area contributed by atoms with Gasteiger partial charge in [0.05, 0.1) is 6.61 Å². The zero-order valence-electron chi connectivity index (χ0n) is 9.07. The molecule has 0 aromatic heterocycles. The van der Waals surface area contributed by atoms with Gasteiger partial charge in [0.1, 0.15) is 0 Å². The zero-order valence-corrected chi connectivity index (χ0v) is 9.07. The molecule has 0 unspecified atom stereocenters. The summed E-state index contributed by atoms with van der Waals surface area (Å²) in [6.07, 6.45) is 2.31. The number of likely N-dealkylation sites (tertiary alicyclic amines) is 1. The maximum Gasteiger partial charge on any atom is 0.219 e. The van der Waals surface area contributed by atoms with Crippen molar-refractivity contribution in [1.29, 1.82) is 0 Å². The van der Waals surface area contributed by atoms with Crippen molar-refractivity contribution in [3.8, 4) is 0 Å². The number of nitrogens with zero attached hydrogens (tertiary/aromatic N) is 2. The molecule has 1 atom stereocenters. The third-order valence-corrected chi connectivity index (χ3v) is 2.91. The molecule has 0 saturated carbocycles. The van der Waals surface area contributed by atoms with Crippen LogP contribution in [0.2, 0.25) is 0 Å². The van der Waals surface area contributed by atoms with Gasteiger partial charge in [-0.15, -0.1) is 0 Å². The molecule has 1 rings (SSSR count). The first kappa shape index (κ1) is 11.5. The van der Waals surface area contributed by atoms with E-state index in [1.165, 1.54) is 6.42 Å². The number of rotatable bonds is 4. The quantitative estimate of drug-likeness (QED) is 0.690. The minimum atomic E-state index is 0.112. The van der Waals surface area contributed by atoms with Crippen molar-refractivity contribution >= 4 is 5.91 Å². The van der Waals surface area contributed by atoms with Crippen molar-refractivity contribution in [2.75, 3.05) is 33.3 Å². The lowest BCUT2D eigenvalue weighted by molar-refractivity contribution is -0.128. The molecule has 1 aliphatic heterocycles. The number of hydrogen-bond acceptors (Lipinski definition) is 3. The Bertz CT molecular complexity index is 197. The van der Waals surface area contributed by atoms with E-state index in [0.717, 1.165) is 26.1 Å². The van der Waals surface area contributed by atoms with E-state index in [2.05, 4.69) is 4.90 Å². The van der Waals surface area contributed by atoms with Crippen LogP contribution in [0.3, 0.4) is 0 Å². The van der Waals surface area contributed by atoms with Gasteiger partial charge in [0.2, 0.25) is 5.91 Å². The summed E-state index contributed by atoms with van der Waals surface area (Å²) in [6, 6.07) is 0.441. The monoisotopic (exact) mass is 200 g/mol. The van der Waals surface area contributed by atoms with Gasteiger partial charge in [-0.25, -0.2) is 0 Å². The van der Waals surface area contributed by atoms with Crippen LogP contribution in [0.25, 0.3) is 0 Å². The van der Waals surface area contributed by atoms with Gasteiger partial charge in [0.25, 0.3) is 0 Å². The first-order valence-electron chi connectivity index (χ1n) is 5.21. The smallest absolute Gasteiger partial charge is 0.219 e. The van der Waals surface area contributed by atoms with Crippen LogP contribution in [0.15, 0.2) is 0 Å². The van der Waals surface area contributed by atoms with Crippen LogP contribution < -0.4 is 0 Å². The summed E-state index contributed by atoms with van der Waals surface area (Å²) in [4.78, 5) is 15.1. The van der Waals surface area contributed by atoms with Crippen molar-refractivity contribution in [1.82, 2.24) is 9.80 Å². The molecule has 4 nitrogen and oxygen atoms in total. The molecule has 1 saturated heterocycles. The Morgan fingerprint density at radius 1 is 1.64 bits per heavy atom. The maximum absolute atomic E-state index is 11.1. The van der Waals surface area contributed by atoms with Crippen molar-refractivity contribution in [2.45, 2.75) is 25.8 Å². The number of aliphatic hydroxyl groups is 1. The molecule has 14 heavy (non-hydrogen) atoms. The first-order chi connectivity index (χ1) is 6.65. The van der Waals surface area contributed by atoms with Gasteiger partial charge in [0, 0.05) is 33.1 Å². The van der Waals surface area contributed by atoms with Gasteiger partial charge >= 0.3 is 0 Å². The second-order valence-electron chi connectivity index (χ2n) is 3.96. The molecule has 1 heterocycles. The van der Waals surface area contributed by atoms with E-state index < -0.39 is 0 Å². The summed E-state index contributed by atoms with van der Waals surface area (Å²) in [5, 5.41) is 8.87. The van der Waals surface area contributed by atoms with E-state index in [1.807, 2.05) is 7.05 Å².